The van der Waals surface area contributed by atoms with Gasteiger partial charge in [0, 0.05) is 19.0 Å². The van der Waals surface area contributed by atoms with Gasteiger partial charge in [-0.1, -0.05) is 10.4 Å². The molecule has 0 saturated heterocycles. The highest BCUT2D eigenvalue weighted by Gasteiger charge is 2.27. The van der Waals surface area contributed by atoms with Crippen molar-refractivity contribution in [3.8, 4) is 0 Å². The van der Waals surface area contributed by atoms with Crippen LogP contribution in [0.2, 0.25) is 0 Å². The summed E-state index contributed by atoms with van der Waals surface area (Å²) in [4.78, 5) is 12.2. The van der Waals surface area contributed by atoms with E-state index in [1.165, 1.54) is 15.6 Å². The third-order valence-corrected chi connectivity index (χ3v) is 3.50. The Morgan fingerprint density at radius 3 is 3.10 bits per heavy atom. The SMILES string of the molecule is Cn1ncc2c(=O)n(Cc3cc(C4CC4)no3)nnc21. The molecule has 8 heteroatoms. The smallest absolute Gasteiger partial charge is 0.281 e. The van der Waals surface area contributed by atoms with Crippen LogP contribution in [0.4, 0.5) is 0 Å². The minimum Gasteiger partial charge on any atom is -0.359 e. The molecule has 1 aliphatic carbocycles. The van der Waals surface area contributed by atoms with Crippen LogP contribution in [0, 0.1) is 0 Å². The first kappa shape index (κ1) is 11.3. The number of hydrogen-bond acceptors (Lipinski definition) is 6. The van der Waals surface area contributed by atoms with Crippen molar-refractivity contribution >= 4 is 11.0 Å². The average Bonchev–Trinajstić information content (AvgIpc) is 3.08. The number of aryl methyl sites for hydroxylation is 1. The van der Waals surface area contributed by atoms with Crippen molar-refractivity contribution in [2.45, 2.75) is 25.3 Å². The molecule has 1 saturated carbocycles. The van der Waals surface area contributed by atoms with Crippen LogP contribution in [-0.2, 0) is 13.6 Å². The van der Waals surface area contributed by atoms with Gasteiger partial charge in [0.15, 0.2) is 11.4 Å². The molecule has 8 nitrogen and oxygen atoms in total. The van der Waals surface area contributed by atoms with Gasteiger partial charge in [0.1, 0.15) is 11.9 Å². The molecule has 0 spiro atoms. The summed E-state index contributed by atoms with van der Waals surface area (Å²) in [5, 5.41) is 16.4. The van der Waals surface area contributed by atoms with E-state index in [-0.39, 0.29) is 12.1 Å². The Bertz CT molecular complexity index is 841. The second kappa shape index (κ2) is 3.99. The Morgan fingerprint density at radius 2 is 2.30 bits per heavy atom. The van der Waals surface area contributed by atoms with Crippen LogP contribution in [0.5, 0.6) is 0 Å². The van der Waals surface area contributed by atoms with Crippen molar-refractivity contribution in [1.82, 2.24) is 29.9 Å². The fourth-order valence-corrected chi connectivity index (χ4v) is 2.20. The number of rotatable bonds is 3. The predicted molar refractivity (Wildman–Crippen MR) is 68.1 cm³/mol. The van der Waals surface area contributed by atoms with Crippen molar-refractivity contribution in [2.24, 2.45) is 7.05 Å². The number of nitrogens with zero attached hydrogens (tertiary/aromatic N) is 6. The molecule has 0 aromatic carbocycles. The largest absolute Gasteiger partial charge is 0.359 e. The number of fused-ring (bicyclic) bond motifs is 1. The van der Waals surface area contributed by atoms with Gasteiger partial charge in [0.05, 0.1) is 11.9 Å². The van der Waals surface area contributed by atoms with Crippen molar-refractivity contribution in [2.75, 3.05) is 0 Å². The van der Waals surface area contributed by atoms with Crippen molar-refractivity contribution < 1.29 is 4.52 Å². The van der Waals surface area contributed by atoms with E-state index in [2.05, 4.69) is 20.6 Å². The fourth-order valence-electron chi connectivity index (χ4n) is 2.20. The standard InChI is InChI=1S/C12H12N6O2/c1-17-11-9(5-13-17)12(19)18(16-14-11)6-8-4-10(15-20-8)7-2-3-7/h4-5,7H,2-3,6H2,1H3. The van der Waals surface area contributed by atoms with Gasteiger partial charge in [0.2, 0.25) is 0 Å². The Labute approximate surface area is 113 Å². The first-order chi connectivity index (χ1) is 9.72. The van der Waals surface area contributed by atoms with Gasteiger partial charge in [0.25, 0.3) is 5.56 Å². The molecule has 3 aromatic heterocycles. The van der Waals surface area contributed by atoms with Crippen LogP contribution in [0.15, 0.2) is 21.6 Å². The molecule has 0 N–H and O–H groups in total. The molecule has 102 valence electrons. The highest BCUT2D eigenvalue weighted by Crippen LogP contribution is 2.39. The third-order valence-electron chi connectivity index (χ3n) is 3.50. The van der Waals surface area contributed by atoms with Gasteiger partial charge in [-0.25, -0.2) is 9.36 Å². The maximum atomic E-state index is 12.2. The van der Waals surface area contributed by atoms with E-state index in [4.69, 9.17) is 4.52 Å². The zero-order valence-electron chi connectivity index (χ0n) is 10.9. The van der Waals surface area contributed by atoms with E-state index < -0.39 is 0 Å². The van der Waals surface area contributed by atoms with Crippen molar-refractivity contribution in [1.29, 1.82) is 0 Å². The Balaban J connectivity index is 1.70. The molecule has 1 aliphatic rings. The molecule has 0 radical (unpaired) electrons. The fraction of sp³-hybridized carbons (Fsp3) is 0.417. The number of aromatic nitrogens is 6. The third kappa shape index (κ3) is 1.72. The Morgan fingerprint density at radius 1 is 1.45 bits per heavy atom. The first-order valence-electron chi connectivity index (χ1n) is 6.43. The quantitative estimate of drug-likeness (QED) is 0.687. The molecule has 3 aromatic rings. The summed E-state index contributed by atoms with van der Waals surface area (Å²) in [7, 11) is 1.72. The minimum atomic E-state index is -0.229. The molecular formula is C12H12N6O2. The van der Waals surface area contributed by atoms with Crippen LogP contribution in [0.1, 0.15) is 30.2 Å². The van der Waals surface area contributed by atoms with Gasteiger partial charge in [-0.3, -0.25) is 4.79 Å². The summed E-state index contributed by atoms with van der Waals surface area (Å²) in [5.41, 5.74) is 1.21. The summed E-state index contributed by atoms with van der Waals surface area (Å²) < 4.78 is 8.03. The summed E-state index contributed by atoms with van der Waals surface area (Å²) in [6.07, 6.45) is 3.82. The van der Waals surface area contributed by atoms with E-state index >= 15 is 0 Å². The molecule has 20 heavy (non-hydrogen) atoms. The molecule has 1 fully saturated rings. The Kier molecular flexibility index (Phi) is 2.26. The first-order valence-corrected chi connectivity index (χ1v) is 6.43. The molecule has 4 rings (SSSR count). The molecule has 0 amide bonds. The van der Waals surface area contributed by atoms with Crippen LogP contribution in [0.25, 0.3) is 11.0 Å². The molecule has 0 aliphatic heterocycles. The average molecular weight is 272 g/mol. The second-order valence-electron chi connectivity index (χ2n) is 5.05. The lowest BCUT2D eigenvalue weighted by Crippen LogP contribution is -2.24. The van der Waals surface area contributed by atoms with Gasteiger partial charge < -0.3 is 4.52 Å². The van der Waals surface area contributed by atoms with E-state index in [9.17, 15) is 4.79 Å². The van der Waals surface area contributed by atoms with E-state index in [1.54, 1.807) is 7.05 Å². The Hall–Kier alpha value is -2.51. The van der Waals surface area contributed by atoms with Crippen LogP contribution in [0.3, 0.4) is 0 Å². The minimum absolute atomic E-state index is 0.229. The molecular weight excluding hydrogens is 260 g/mol. The van der Waals surface area contributed by atoms with Crippen molar-refractivity contribution in [3.63, 3.8) is 0 Å². The lowest BCUT2D eigenvalue weighted by atomic mass is 10.3. The molecule has 0 bridgehead atoms. The lowest BCUT2D eigenvalue weighted by molar-refractivity contribution is 0.361. The topological polar surface area (TPSA) is 91.6 Å². The predicted octanol–water partition coefficient (Wildman–Crippen LogP) is 0.439. The van der Waals surface area contributed by atoms with Gasteiger partial charge >= 0.3 is 0 Å². The van der Waals surface area contributed by atoms with Gasteiger partial charge in [-0.15, -0.1) is 5.10 Å². The van der Waals surface area contributed by atoms with Crippen LogP contribution in [-0.4, -0.2) is 29.9 Å². The van der Waals surface area contributed by atoms with Crippen molar-refractivity contribution in [3.05, 3.63) is 34.1 Å². The zero-order valence-corrected chi connectivity index (χ0v) is 10.9. The van der Waals surface area contributed by atoms with E-state index in [1.807, 2.05) is 6.07 Å². The maximum Gasteiger partial charge on any atom is 0.281 e. The van der Waals surface area contributed by atoms with Gasteiger partial charge in [-0.05, 0) is 12.8 Å². The van der Waals surface area contributed by atoms with Crippen LogP contribution < -0.4 is 5.56 Å². The molecule has 3 heterocycles. The van der Waals surface area contributed by atoms with Gasteiger partial charge in [-0.2, -0.15) is 5.10 Å². The molecule has 0 atom stereocenters. The maximum absolute atomic E-state index is 12.2. The monoisotopic (exact) mass is 272 g/mol. The second-order valence-corrected chi connectivity index (χ2v) is 5.05. The summed E-state index contributed by atoms with van der Waals surface area (Å²) in [6, 6.07) is 1.89. The summed E-state index contributed by atoms with van der Waals surface area (Å²) >= 11 is 0. The van der Waals surface area contributed by atoms with Crippen LogP contribution >= 0.6 is 0 Å². The van der Waals surface area contributed by atoms with E-state index in [0.29, 0.717) is 22.7 Å². The van der Waals surface area contributed by atoms with E-state index in [0.717, 1.165) is 18.5 Å². The summed E-state index contributed by atoms with van der Waals surface area (Å²) in [5.74, 6) is 1.14. The summed E-state index contributed by atoms with van der Waals surface area (Å²) in [6.45, 7) is 0.233. The highest BCUT2D eigenvalue weighted by atomic mass is 16.5. The number of hydrogen-bond donors (Lipinski definition) is 0. The lowest BCUT2D eigenvalue weighted by Gasteiger charge is -1.99. The molecule has 0 unspecified atom stereocenters. The normalized spacial score (nSPS) is 15.1. The highest BCUT2D eigenvalue weighted by molar-refractivity contribution is 5.72. The zero-order chi connectivity index (χ0) is 13.7.